The van der Waals surface area contributed by atoms with E-state index in [2.05, 4.69) is 55.4 Å². The lowest BCUT2D eigenvalue weighted by atomic mass is 10.00. The van der Waals surface area contributed by atoms with Crippen LogP contribution in [0.5, 0.6) is 0 Å². The van der Waals surface area contributed by atoms with E-state index in [-0.39, 0.29) is 25.7 Å². The molecule has 3 N–H and O–H groups in total. The van der Waals surface area contributed by atoms with E-state index in [9.17, 15) is 43.2 Å². The predicted molar refractivity (Wildman–Crippen MR) is 317 cm³/mol. The molecule has 0 aliphatic rings. The summed E-state index contributed by atoms with van der Waals surface area (Å²) in [5.41, 5.74) is 0. The Morgan fingerprint density at radius 1 is 0.350 bits per heavy atom. The van der Waals surface area contributed by atoms with Crippen molar-refractivity contribution >= 4 is 39.5 Å². The zero-order chi connectivity index (χ0) is 59.7. The molecule has 0 amide bonds. The van der Waals surface area contributed by atoms with E-state index in [4.69, 9.17) is 37.0 Å². The summed E-state index contributed by atoms with van der Waals surface area (Å²) in [6, 6.07) is 0. The number of phosphoric ester groups is 2. The number of phosphoric acid groups is 2. The SMILES string of the molecule is CCC(C)CCCCCCCCC(=O)OC[C@H](COP(=O)(O)OC[C@H](O)COP(=O)(O)OC[C@@H](COC(=O)CCCCCCCCCCC(C)C)OC(=O)CCCCCCCCCC(C)C)OC(=O)CCCCCCCCC(C)C. The van der Waals surface area contributed by atoms with Gasteiger partial charge in [0.1, 0.15) is 19.3 Å². The molecule has 0 aliphatic heterocycles. The lowest BCUT2D eigenvalue weighted by Crippen LogP contribution is -2.30. The van der Waals surface area contributed by atoms with Gasteiger partial charge in [-0.25, -0.2) is 9.13 Å². The minimum Gasteiger partial charge on any atom is -0.462 e. The fourth-order valence-corrected chi connectivity index (χ4v) is 10.4. The van der Waals surface area contributed by atoms with Crippen LogP contribution in [0.3, 0.4) is 0 Å². The molecule has 0 fully saturated rings. The van der Waals surface area contributed by atoms with Gasteiger partial charge in [-0.3, -0.25) is 37.3 Å². The number of hydrogen-bond donors (Lipinski definition) is 3. The Bertz CT molecular complexity index is 1610. The zero-order valence-corrected chi connectivity index (χ0v) is 53.5. The van der Waals surface area contributed by atoms with Gasteiger partial charge in [0.15, 0.2) is 12.2 Å². The Labute approximate surface area is 486 Å². The van der Waals surface area contributed by atoms with Crippen molar-refractivity contribution in [3.8, 4) is 0 Å². The molecule has 19 heteroatoms. The molecule has 0 radical (unpaired) electrons. The third kappa shape index (κ3) is 54.0. The first-order valence-corrected chi connectivity index (χ1v) is 34.7. The number of carbonyl (C=O) groups is 4. The van der Waals surface area contributed by atoms with Crippen LogP contribution in [-0.4, -0.2) is 96.7 Å². The third-order valence-electron chi connectivity index (χ3n) is 14.2. The third-order valence-corrected chi connectivity index (χ3v) is 16.1. The van der Waals surface area contributed by atoms with Gasteiger partial charge in [0.25, 0.3) is 0 Å². The maximum Gasteiger partial charge on any atom is 0.472 e. The molecule has 0 heterocycles. The first-order chi connectivity index (χ1) is 38.1. The number of hydrogen-bond acceptors (Lipinski definition) is 15. The van der Waals surface area contributed by atoms with Crippen molar-refractivity contribution in [2.45, 2.75) is 305 Å². The molecule has 0 bridgehead atoms. The fraction of sp³-hybridized carbons (Fsp3) is 0.934. The van der Waals surface area contributed by atoms with Crippen molar-refractivity contribution in [3.63, 3.8) is 0 Å². The van der Waals surface area contributed by atoms with Gasteiger partial charge in [0.05, 0.1) is 26.4 Å². The first-order valence-electron chi connectivity index (χ1n) is 31.7. The average Bonchev–Trinajstić information content (AvgIpc) is 3.40. The van der Waals surface area contributed by atoms with Gasteiger partial charge in [-0.1, -0.05) is 235 Å². The smallest absolute Gasteiger partial charge is 0.462 e. The Hall–Kier alpha value is -1.94. The van der Waals surface area contributed by atoms with E-state index in [1.807, 2.05) is 0 Å². The van der Waals surface area contributed by atoms with Crippen molar-refractivity contribution in [2.24, 2.45) is 23.7 Å². The molecule has 6 atom stereocenters. The molecule has 0 aliphatic carbocycles. The number of aliphatic hydroxyl groups is 1. The lowest BCUT2D eigenvalue weighted by Gasteiger charge is -2.21. The van der Waals surface area contributed by atoms with E-state index in [1.165, 1.54) is 83.5 Å². The summed E-state index contributed by atoms with van der Waals surface area (Å²) in [5.74, 6) is 0.673. The average molecular weight is 1190 g/mol. The highest BCUT2D eigenvalue weighted by molar-refractivity contribution is 7.47. The van der Waals surface area contributed by atoms with Crippen molar-refractivity contribution in [3.05, 3.63) is 0 Å². The van der Waals surface area contributed by atoms with Gasteiger partial charge in [-0.15, -0.1) is 0 Å². The Morgan fingerprint density at radius 3 is 0.887 bits per heavy atom. The molecule has 0 aromatic heterocycles. The Kier molecular flexibility index (Phi) is 50.2. The van der Waals surface area contributed by atoms with Gasteiger partial charge in [-0.05, 0) is 49.4 Å². The topological polar surface area (TPSA) is 237 Å². The van der Waals surface area contributed by atoms with Gasteiger partial charge in [-0.2, -0.15) is 0 Å². The summed E-state index contributed by atoms with van der Waals surface area (Å²) in [6.45, 7) is 13.8. The summed E-state index contributed by atoms with van der Waals surface area (Å²) in [6.07, 6.45) is 29.7. The van der Waals surface area contributed by atoms with Crippen molar-refractivity contribution in [1.82, 2.24) is 0 Å². The van der Waals surface area contributed by atoms with Gasteiger partial charge >= 0.3 is 39.5 Å². The number of ether oxygens (including phenoxy) is 4. The lowest BCUT2D eigenvalue weighted by molar-refractivity contribution is -0.161. The summed E-state index contributed by atoms with van der Waals surface area (Å²) >= 11 is 0. The van der Waals surface area contributed by atoms with Crippen LogP contribution >= 0.6 is 15.6 Å². The zero-order valence-electron chi connectivity index (χ0n) is 51.7. The maximum absolute atomic E-state index is 12.9. The van der Waals surface area contributed by atoms with E-state index in [0.29, 0.717) is 37.5 Å². The largest absolute Gasteiger partial charge is 0.472 e. The van der Waals surface area contributed by atoms with Gasteiger partial charge in [0.2, 0.25) is 0 Å². The van der Waals surface area contributed by atoms with Crippen molar-refractivity contribution in [1.29, 1.82) is 0 Å². The second-order valence-electron chi connectivity index (χ2n) is 23.8. The Morgan fingerprint density at radius 2 is 0.600 bits per heavy atom. The summed E-state index contributed by atoms with van der Waals surface area (Å²) in [7, 11) is -9.88. The second-order valence-corrected chi connectivity index (χ2v) is 26.7. The first kappa shape index (κ1) is 78.1. The minimum absolute atomic E-state index is 0.100. The standard InChI is InChI=1S/C61H118O17P2/c1-9-54(8)40-32-24-18-20-26-34-42-59(64)72-48-57(78-61(66)44-36-28-19-17-23-31-39-53(6)7)50-76-80(69,70)74-46-55(62)45-73-79(67,68)75-49-56(77-60(65)43-35-27-16-12-14-22-30-38-52(4)5)47-71-58(63)41-33-25-15-11-10-13-21-29-37-51(2)3/h51-57,62H,9-50H2,1-8H3,(H,67,68)(H,69,70)/t54?,55-,56-,57-/m1/s1. The maximum atomic E-state index is 12.9. The highest BCUT2D eigenvalue weighted by atomic mass is 31.2. The van der Waals surface area contributed by atoms with Gasteiger partial charge < -0.3 is 33.8 Å². The fourth-order valence-electron chi connectivity index (χ4n) is 8.87. The van der Waals surface area contributed by atoms with Crippen LogP contribution in [0.15, 0.2) is 0 Å². The molecular weight excluding hydrogens is 1070 g/mol. The quantitative estimate of drug-likeness (QED) is 0.0222. The Balaban J connectivity index is 5.25. The normalized spacial score (nSPS) is 14.9. The molecule has 0 rings (SSSR count). The highest BCUT2D eigenvalue weighted by Crippen LogP contribution is 2.45. The monoisotopic (exact) mass is 1180 g/mol. The van der Waals surface area contributed by atoms with Crippen LogP contribution in [0.25, 0.3) is 0 Å². The molecule has 0 saturated heterocycles. The molecule has 3 unspecified atom stereocenters. The van der Waals surface area contributed by atoms with E-state index in [0.717, 1.165) is 108 Å². The van der Waals surface area contributed by atoms with Crippen LogP contribution in [0.2, 0.25) is 0 Å². The van der Waals surface area contributed by atoms with Crippen LogP contribution in [0, 0.1) is 23.7 Å². The van der Waals surface area contributed by atoms with Crippen LogP contribution in [-0.2, 0) is 65.4 Å². The van der Waals surface area contributed by atoms with E-state index < -0.39 is 97.5 Å². The molecule has 0 aromatic rings. The minimum atomic E-state index is -4.94. The predicted octanol–water partition coefficient (Wildman–Crippen LogP) is 16.2. The molecule has 80 heavy (non-hydrogen) atoms. The summed E-state index contributed by atoms with van der Waals surface area (Å²) < 4.78 is 67.8. The number of rotatable bonds is 58. The summed E-state index contributed by atoms with van der Waals surface area (Å²) in [5, 5.41) is 10.5. The highest BCUT2D eigenvalue weighted by Gasteiger charge is 2.30. The van der Waals surface area contributed by atoms with Crippen LogP contribution in [0.1, 0.15) is 287 Å². The molecule has 0 saturated carbocycles. The second kappa shape index (κ2) is 51.5. The van der Waals surface area contributed by atoms with Crippen molar-refractivity contribution in [2.75, 3.05) is 39.6 Å². The number of carbonyl (C=O) groups excluding carboxylic acids is 4. The molecule has 17 nitrogen and oxygen atoms in total. The van der Waals surface area contributed by atoms with E-state index >= 15 is 0 Å². The molecular formula is C61H118O17P2. The molecule has 474 valence electrons. The van der Waals surface area contributed by atoms with Gasteiger partial charge in [0, 0.05) is 25.7 Å². The number of esters is 4. The van der Waals surface area contributed by atoms with Crippen LogP contribution < -0.4 is 0 Å². The van der Waals surface area contributed by atoms with Crippen molar-refractivity contribution < 1.29 is 80.2 Å². The number of unbranched alkanes of at least 4 members (excludes halogenated alkanes) is 23. The number of aliphatic hydroxyl groups excluding tert-OH is 1. The molecule has 0 aromatic carbocycles. The van der Waals surface area contributed by atoms with Crippen LogP contribution in [0.4, 0.5) is 0 Å². The summed E-state index contributed by atoms with van der Waals surface area (Å²) in [4.78, 5) is 72.0. The van der Waals surface area contributed by atoms with E-state index in [1.54, 1.807) is 0 Å². The molecule has 0 spiro atoms.